The van der Waals surface area contributed by atoms with Gasteiger partial charge in [-0.15, -0.1) is 0 Å². The fraction of sp³-hybridized carbons (Fsp3) is 0.600. The highest BCUT2D eigenvalue weighted by molar-refractivity contribution is 5.08. The summed E-state index contributed by atoms with van der Waals surface area (Å²) in [6.45, 7) is 9.57. The molecule has 1 rings (SSSR count). The molecule has 0 saturated heterocycles. The number of hydrogen-bond donors (Lipinski definition) is 0. The summed E-state index contributed by atoms with van der Waals surface area (Å²) in [5, 5.41) is 0. The van der Waals surface area contributed by atoms with Gasteiger partial charge < -0.3 is 0 Å². The molecule has 0 aliphatic heterocycles. The number of aryl methyl sites for hydroxylation is 1. The third-order valence-corrected chi connectivity index (χ3v) is 1.44. The maximum atomic E-state index is 12.9. The van der Waals surface area contributed by atoms with Crippen molar-refractivity contribution in [3.63, 3.8) is 0 Å². The minimum atomic E-state index is -0.314. The van der Waals surface area contributed by atoms with Crippen molar-refractivity contribution in [2.24, 2.45) is 0 Å². The number of aromatic nitrogens is 2. The first kappa shape index (κ1) is 12.0. The second-order valence-corrected chi connectivity index (χ2v) is 2.81. The molecule has 0 aromatic carbocycles. The Morgan fingerprint density at radius 1 is 1.31 bits per heavy atom. The Bertz CT molecular complexity index is 259. The van der Waals surface area contributed by atoms with E-state index in [4.69, 9.17) is 0 Å². The summed E-state index contributed by atoms with van der Waals surface area (Å²) in [6.07, 6.45) is 1.22. The van der Waals surface area contributed by atoms with Crippen molar-refractivity contribution in [1.29, 1.82) is 0 Å². The number of hydrogen-bond acceptors (Lipinski definition) is 2. The molecule has 0 saturated carbocycles. The molecular weight excluding hydrogens is 167 g/mol. The second-order valence-electron chi connectivity index (χ2n) is 2.81. The van der Waals surface area contributed by atoms with Gasteiger partial charge in [-0.05, 0) is 12.8 Å². The van der Waals surface area contributed by atoms with Gasteiger partial charge in [0.1, 0.15) is 5.82 Å². The van der Waals surface area contributed by atoms with Crippen LogP contribution in [0.25, 0.3) is 0 Å². The van der Waals surface area contributed by atoms with Crippen molar-refractivity contribution in [1.82, 2.24) is 9.97 Å². The van der Waals surface area contributed by atoms with Crippen molar-refractivity contribution in [3.8, 4) is 0 Å². The summed E-state index contributed by atoms with van der Waals surface area (Å²) in [5.41, 5.74) is 0.498. The molecule has 0 radical (unpaired) electrons. The Morgan fingerprint density at radius 3 is 2.23 bits per heavy atom. The molecule has 1 aromatic heterocycles. The van der Waals surface area contributed by atoms with Crippen molar-refractivity contribution >= 4 is 0 Å². The van der Waals surface area contributed by atoms with E-state index in [1.807, 2.05) is 27.7 Å². The smallest absolute Gasteiger partial charge is 0.163 e. The van der Waals surface area contributed by atoms with Crippen LogP contribution in [-0.4, -0.2) is 9.97 Å². The molecule has 0 amide bonds. The summed E-state index contributed by atoms with van der Waals surface area (Å²) >= 11 is 0. The highest BCUT2D eigenvalue weighted by atomic mass is 19.1. The van der Waals surface area contributed by atoms with E-state index in [0.29, 0.717) is 11.5 Å². The predicted molar refractivity (Wildman–Crippen MR) is 52.2 cm³/mol. The van der Waals surface area contributed by atoms with Crippen molar-refractivity contribution < 1.29 is 4.39 Å². The molecule has 0 fully saturated rings. The zero-order valence-corrected chi connectivity index (χ0v) is 8.93. The molecule has 0 spiro atoms. The van der Waals surface area contributed by atoms with Crippen LogP contribution in [0.3, 0.4) is 0 Å². The van der Waals surface area contributed by atoms with E-state index < -0.39 is 0 Å². The Kier molecular flexibility index (Phi) is 5.19. The molecule has 0 aliphatic carbocycles. The van der Waals surface area contributed by atoms with Gasteiger partial charge in [0.05, 0.1) is 11.9 Å². The Morgan fingerprint density at radius 2 is 1.85 bits per heavy atom. The lowest BCUT2D eigenvalue weighted by atomic mass is 10.1. The van der Waals surface area contributed by atoms with Gasteiger partial charge in [-0.2, -0.15) is 0 Å². The summed E-state index contributed by atoms with van der Waals surface area (Å²) in [5.74, 6) is 0.428. The molecule has 1 aromatic rings. The van der Waals surface area contributed by atoms with E-state index in [0.717, 1.165) is 0 Å². The Labute approximate surface area is 79.2 Å². The largest absolute Gasteiger partial charge is 0.239 e. The lowest BCUT2D eigenvalue weighted by Gasteiger charge is -2.04. The van der Waals surface area contributed by atoms with Crippen LogP contribution in [0, 0.1) is 12.7 Å². The first-order chi connectivity index (χ1) is 6.11. The van der Waals surface area contributed by atoms with Crippen LogP contribution in [0.1, 0.15) is 45.1 Å². The third kappa shape index (κ3) is 3.49. The lowest BCUT2D eigenvalue weighted by molar-refractivity contribution is 0.573. The average molecular weight is 184 g/mol. The van der Waals surface area contributed by atoms with E-state index in [1.54, 1.807) is 6.92 Å². The molecule has 0 unspecified atom stereocenters. The summed E-state index contributed by atoms with van der Waals surface area (Å²) < 4.78 is 12.9. The predicted octanol–water partition coefficient (Wildman–Crippen LogP) is 3.07. The maximum absolute atomic E-state index is 12.9. The summed E-state index contributed by atoms with van der Waals surface area (Å²) in [6, 6.07) is 0. The van der Waals surface area contributed by atoms with Gasteiger partial charge >= 0.3 is 0 Å². The normalized spacial score (nSPS) is 9.46. The first-order valence-electron chi connectivity index (χ1n) is 4.60. The van der Waals surface area contributed by atoms with E-state index >= 15 is 0 Å². The van der Waals surface area contributed by atoms with Crippen LogP contribution in [-0.2, 0) is 0 Å². The van der Waals surface area contributed by atoms with E-state index in [9.17, 15) is 4.39 Å². The Balaban J connectivity index is 0.000000671. The van der Waals surface area contributed by atoms with Crippen molar-refractivity contribution in [3.05, 3.63) is 23.5 Å². The molecule has 74 valence electrons. The van der Waals surface area contributed by atoms with Gasteiger partial charge in [0.15, 0.2) is 5.82 Å². The zero-order chi connectivity index (χ0) is 10.4. The number of halogens is 1. The van der Waals surface area contributed by atoms with Crippen LogP contribution in [0.15, 0.2) is 6.20 Å². The fourth-order valence-corrected chi connectivity index (χ4v) is 0.878. The molecule has 0 N–H and O–H groups in total. The van der Waals surface area contributed by atoms with Crippen LogP contribution >= 0.6 is 0 Å². The third-order valence-electron chi connectivity index (χ3n) is 1.44. The number of nitrogens with zero attached hydrogens (tertiary/aromatic N) is 2. The number of rotatable bonds is 1. The molecule has 0 bridgehead atoms. The van der Waals surface area contributed by atoms with E-state index in [-0.39, 0.29) is 11.7 Å². The minimum Gasteiger partial charge on any atom is -0.239 e. The monoisotopic (exact) mass is 184 g/mol. The van der Waals surface area contributed by atoms with Gasteiger partial charge in [-0.25, -0.2) is 14.4 Å². The summed E-state index contributed by atoms with van der Waals surface area (Å²) in [7, 11) is 0. The van der Waals surface area contributed by atoms with Gasteiger partial charge in [0.2, 0.25) is 0 Å². The van der Waals surface area contributed by atoms with Gasteiger partial charge in [-0.1, -0.05) is 27.7 Å². The standard InChI is InChI=1S/C8H11FN2.C2H6/c1-5(2)8-7(9)4-10-6(3)11-8;1-2/h4-5H,1-3H3;1-2H3. The van der Waals surface area contributed by atoms with Crippen LogP contribution < -0.4 is 0 Å². The molecule has 2 nitrogen and oxygen atoms in total. The first-order valence-corrected chi connectivity index (χ1v) is 4.60. The van der Waals surface area contributed by atoms with Gasteiger partial charge in [0.25, 0.3) is 0 Å². The van der Waals surface area contributed by atoms with E-state index in [1.165, 1.54) is 6.20 Å². The second kappa shape index (κ2) is 5.62. The van der Waals surface area contributed by atoms with Crippen molar-refractivity contribution in [2.45, 2.75) is 40.5 Å². The van der Waals surface area contributed by atoms with Crippen LogP contribution in [0.5, 0.6) is 0 Å². The Hall–Kier alpha value is -0.990. The molecule has 0 aliphatic rings. The van der Waals surface area contributed by atoms with Crippen molar-refractivity contribution in [2.75, 3.05) is 0 Å². The molecule has 0 atom stereocenters. The quantitative estimate of drug-likeness (QED) is 0.670. The SMILES string of the molecule is CC.Cc1ncc(F)c(C(C)C)n1. The van der Waals surface area contributed by atoms with E-state index in [2.05, 4.69) is 9.97 Å². The molecular formula is C10H17FN2. The average Bonchev–Trinajstić information content (AvgIpc) is 2.12. The van der Waals surface area contributed by atoms with Crippen LogP contribution in [0.2, 0.25) is 0 Å². The molecule has 3 heteroatoms. The maximum Gasteiger partial charge on any atom is 0.163 e. The van der Waals surface area contributed by atoms with Gasteiger partial charge in [0, 0.05) is 0 Å². The highest BCUT2D eigenvalue weighted by Gasteiger charge is 2.07. The van der Waals surface area contributed by atoms with Crippen LogP contribution in [0.4, 0.5) is 4.39 Å². The fourth-order valence-electron chi connectivity index (χ4n) is 0.878. The summed E-state index contributed by atoms with van der Waals surface area (Å²) in [4.78, 5) is 7.72. The molecule has 1 heterocycles. The topological polar surface area (TPSA) is 25.8 Å². The minimum absolute atomic E-state index is 0.122. The zero-order valence-electron chi connectivity index (χ0n) is 8.93. The molecule has 13 heavy (non-hydrogen) atoms. The highest BCUT2D eigenvalue weighted by Crippen LogP contribution is 2.14. The van der Waals surface area contributed by atoms with Gasteiger partial charge in [-0.3, -0.25) is 0 Å². The lowest BCUT2D eigenvalue weighted by Crippen LogP contribution is -2.00.